The maximum atomic E-state index is 5.87. The Morgan fingerprint density at radius 2 is 1.95 bits per heavy atom. The Morgan fingerprint density at radius 1 is 1.16 bits per heavy atom. The highest BCUT2D eigenvalue weighted by Crippen LogP contribution is 2.28. The van der Waals surface area contributed by atoms with Gasteiger partial charge in [0.15, 0.2) is 0 Å². The van der Waals surface area contributed by atoms with Crippen molar-refractivity contribution < 1.29 is 4.74 Å². The molecule has 0 radical (unpaired) electrons. The number of hydrogen-bond acceptors (Lipinski definition) is 2. The highest BCUT2D eigenvalue weighted by atomic mass is 16.5. The molecule has 1 aromatic carbocycles. The predicted molar refractivity (Wildman–Crippen MR) is 80.7 cm³/mol. The molecule has 0 spiro atoms. The van der Waals surface area contributed by atoms with Crippen molar-refractivity contribution in [2.24, 2.45) is 5.92 Å². The van der Waals surface area contributed by atoms with E-state index in [1.165, 1.54) is 31.2 Å². The van der Waals surface area contributed by atoms with Gasteiger partial charge >= 0.3 is 0 Å². The Balaban J connectivity index is 1.73. The molecular weight excluding hydrogens is 234 g/mol. The lowest BCUT2D eigenvalue weighted by molar-refractivity contribution is 0.261. The fraction of sp³-hybridized carbons (Fsp3) is 0.647. The van der Waals surface area contributed by atoms with Gasteiger partial charge in [-0.2, -0.15) is 0 Å². The Hall–Kier alpha value is -1.02. The Bertz CT molecular complexity index is 360. The van der Waals surface area contributed by atoms with Gasteiger partial charge < -0.3 is 10.1 Å². The van der Waals surface area contributed by atoms with Gasteiger partial charge in [0.25, 0.3) is 0 Å². The molecule has 1 saturated carbocycles. The van der Waals surface area contributed by atoms with Crippen LogP contribution in [0.5, 0.6) is 5.75 Å². The molecule has 0 saturated heterocycles. The minimum absolute atomic E-state index is 0.719. The van der Waals surface area contributed by atoms with Gasteiger partial charge in [0.2, 0.25) is 0 Å². The standard InChI is InChI=1S/C17H27NO/c1-3-14-8-10-16(11-9-14)19-13-12-15-6-5-7-17(15)18-4-2/h8-11,15,17-18H,3-7,12-13H2,1-2H3. The van der Waals surface area contributed by atoms with Crippen molar-refractivity contribution in [2.75, 3.05) is 13.2 Å². The van der Waals surface area contributed by atoms with Crippen molar-refractivity contribution in [1.82, 2.24) is 5.32 Å². The van der Waals surface area contributed by atoms with E-state index in [-0.39, 0.29) is 0 Å². The number of benzene rings is 1. The second-order valence-electron chi connectivity index (χ2n) is 5.49. The summed E-state index contributed by atoms with van der Waals surface area (Å²) in [4.78, 5) is 0. The van der Waals surface area contributed by atoms with Gasteiger partial charge in [0, 0.05) is 6.04 Å². The van der Waals surface area contributed by atoms with E-state index in [0.717, 1.165) is 37.3 Å². The molecule has 1 aromatic rings. The third kappa shape index (κ3) is 4.24. The van der Waals surface area contributed by atoms with E-state index in [4.69, 9.17) is 4.74 Å². The zero-order chi connectivity index (χ0) is 13.5. The molecule has 106 valence electrons. The molecule has 1 aliphatic rings. The normalized spacial score (nSPS) is 22.6. The van der Waals surface area contributed by atoms with Crippen LogP contribution in [0.4, 0.5) is 0 Å². The summed E-state index contributed by atoms with van der Waals surface area (Å²) in [7, 11) is 0. The summed E-state index contributed by atoms with van der Waals surface area (Å²) in [6.45, 7) is 6.30. The monoisotopic (exact) mass is 261 g/mol. The summed E-state index contributed by atoms with van der Waals surface area (Å²) in [5.74, 6) is 1.81. The zero-order valence-corrected chi connectivity index (χ0v) is 12.3. The van der Waals surface area contributed by atoms with Gasteiger partial charge in [-0.05, 0) is 55.8 Å². The van der Waals surface area contributed by atoms with E-state index >= 15 is 0 Å². The van der Waals surface area contributed by atoms with Crippen LogP contribution in [0, 0.1) is 5.92 Å². The summed E-state index contributed by atoms with van der Waals surface area (Å²) in [5.41, 5.74) is 1.37. The van der Waals surface area contributed by atoms with Gasteiger partial charge in [-0.25, -0.2) is 0 Å². The molecule has 2 unspecified atom stereocenters. The molecule has 0 bridgehead atoms. The SMILES string of the molecule is CCNC1CCCC1CCOc1ccc(CC)cc1. The van der Waals surface area contributed by atoms with E-state index in [1.54, 1.807) is 0 Å². The predicted octanol–water partition coefficient (Wildman–Crippen LogP) is 3.80. The van der Waals surface area contributed by atoms with Crippen LogP contribution in [0.25, 0.3) is 0 Å². The topological polar surface area (TPSA) is 21.3 Å². The molecular formula is C17H27NO. The smallest absolute Gasteiger partial charge is 0.119 e. The van der Waals surface area contributed by atoms with Crippen molar-refractivity contribution in [3.8, 4) is 5.75 Å². The molecule has 0 heterocycles. The molecule has 1 N–H and O–H groups in total. The minimum Gasteiger partial charge on any atom is -0.494 e. The van der Waals surface area contributed by atoms with Crippen molar-refractivity contribution >= 4 is 0 Å². The molecule has 0 amide bonds. The lowest BCUT2D eigenvalue weighted by Gasteiger charge is -2.20. The first-order chi connectivity index (χ1) is 9.33. The molecule has 2 heteroatoms. The molecule has 2 rings (SSSR count). The summed E-state index contributed by atoms with van der Waals surface area (Å²) in [5, 5.41) is 3.60. The van der Waals surface area contributed by atoms with E-state index in [2.05, 4.69) is 43.4 Å². The van der Waals surface area contributed by atoms with Crippen LogP contribution in [0.2, 0.25) is 0 Å². The number of ether oxygens (including phenoxy) is 1. The van der Waals surface area contributed by atoms with Crippen molar-refractivity contribution in [3.63, 3.8) is 0 Å². The lowest BCUT2D eigenvalue weighted by atomic mass is 10.00. The quantitative estimate of drug-likeness (QED) is 0.806. The Kier molecular flexibility index (Phi) is 5.71. The molecule has 1 fully saturated rings. The van der Waals surface area contributed by atoms with Crippen LogP contribution in [-0.2, 0) is 6.42 Å². The van der Waals surface area contributed by atoms with E-state index in [9.17, 15) is 0 Å². The van der Waals surface area contributed by atoms with Crippen LogP contribution >= 0.6 is 0 Å². The summed E-state index contributed by atoms with van der Waals surface area (Å²) in [6.07, 6.45) is 6.33. The first kappa shape index (κ1) is 14.4. The van der Waals surface area contributed by atoms with Crippen LogP contribution in [-0.4, -0.2) is 19.2 Å². The summed E-state index contributed by atoms with van der Waals surface area (Å²) < 4.78 is 5.87. The number of hydrogen-bond donors (Lipinski definition) is 1. The van der Waals surface area contributed by atoms with E-state index in [1.807, 2.05) is 0 Å². The maximum Gasteiger partial charge on any atom is 0.119 e. The van der Waals surface area contributed by atoms with Gasteiger partial charge in [-0.1, -0.05) is 32.4 Å². The van der Waals surface area contributed by atoms with Crippen LogP contribution in [0.1, 0.15) is 45.1 Å². The summed E-state index contributed by atoms with van der Waals surface area (Å²) >= 11 is 0. The molecule has 2 nitrogen and oxygen atoms in total. The fourth-order valence-corrected chi connectivity index (χ4v) is 3.06. The lowest BCUT2D eigenvalue weighted by Crippen LogP contribution is -2.32. The largest absolute Gasteiger partial charge is 0.494 e. The van der Waals surface area contributed by atoms with Gasteiger partial charge in [-0.3, -0.25) is 0 Å². The van der Waals surface area contributed by atoms with Crippen molar-refractivity contribution in [3.05, 3.63) is 29.8 Å². The van der Waals surface area contributed by atoms with Crippen LogP contribution in [0.3, 0.4) is 0 Å². The molecule has 19 heavy (non-hydrogen) atoms. The Morgan fingerprint density at radius 3 is 2.63 bits per heavy atom. The van der Waals surface area contributed by atoms with Crippen molar-refractivity contribution in [1.29, 1.82) is 0 Å². The van der Waals surface area contributed by atoms with Gasteiger partial charge in [-0.15, -0.1) is 0 Å². The highest BCUT2D eigenvalue weighted by Gasteiger charge is 2.25. The summed E-state index contributed by atoms with van der Waals surface area (Å²) in [6, 6.07) is 9.22. The number of rotatable bonds is 7. The zero-order valence-electron chi connectivity index (χ0n) is 12.3. The van der Waals surface area contributed by atoms with Gasteiger partial charge in [0.05, 0.1) is 6.61 Å². The third-order valence-corrected chi connectivity index (χ3v) is 4.21. The van der Waals surface area contributed by atoms with Crippen molar-refractivity contribution in [2.45, 2.75) is 52.0 Å². The first-order valence-electron chi connectivity index (χ1n) is 7.78. The number of nitrogens with one attached hydrogen (secondary N) is 1. The van der Waals surface area contributed by atoms with Crippen LogP contribution in [0.15, 0.2) is 24.3 Å². The second-order valence-corrected chi connectivity index (χ2v) is 5.49. The molecule has 0 aliphatic heterocycles. The molecule has 0 aromatic heterocycles. The third-order valence-electron chi connectivity index (χ3n) is 4.21. The average Bonchev–Trinajstić information content (AvgIpc) is 2.88. The second kappa shape index (κ2) is 7.54. The average molecular weight is 261 g/mol. The maximum absolute atomic E-state index is 5.87. The van der Waals surface area contributed by atoms with Crippen LogP contribution < -0.4 is 10.1 Å². The van der Waals surface area contributed by atoms with E-state index < -0.39 is 0 Å². The number of aryl methyl sites for hydroxylation is 1. The highest BCUT2D eigenvalue weighted by molar-refractivity contribution is 5.27. The van der Waals surface area contributed by atoms with Gasteiger partial charge in [0.1, 0.15) is 5.75 Å². The minimum atomic E-state index is 0.719. The first-order valence-corrected chi connectivity index (χ1v) is 7.78. The fourth-order valence-electron chi connectivity index (χ4n) is 3.06. The van der Waals surface area contributed by atoms with E-state index in [0.29, 0.717) is 0 Å². The molecule has 1 aliphatic carbocycles. The Labute approximate surface area is 117 Å². The molecule has 2 atom stereocenters.